The summed E-state index contributed by atoms with van der Waals surface area (Å²) >= 11 is 5.83. The van der Waals surface area contributed by atoms with E-state index in [1.807, 2.05) is 50.2 Å². The van der Waals surface area contributed by atoms with Crippen molar-refractivity contribution in [2.45, 2.75) is 58.0 Å². The molecule has 1 saturated heterocycles. The summed E-state index contributed by atoms with van der Waals surface area (Å²) in [5.41, 5.74) is 2.11. The standard InChI is InChI=1S/C26H33ClO6/c1-18(28)32-23(14-27)15-29-21-10-6-19(7-11-21)25(2,3)20-8-12-22(13-9-20)30-16-24-17-31-26(4,5)33-24/h6-13,23-24H,14-17H2,1-5H3/t23-,24+/m1/s1. The molecular weight excluding hydrogens is 444 g/mol. The van der Waals surface area contributed by atoms with Crippen LogP contribution in [-0.2, 0) is 24.4 Å². The predicted molar refractivity (Wildman–Crippen MR) is 127 cm³/mol. The molecule has 0 unspecified atom stereocenters. The molecule has 33 heavy (non-hydrogen) atoms. The molecule has 0 spiro atoms. The second kappa shape index (κ2) is 10.8. The third kappa shape index (κ3) is 7.10. The molecular formula is C26H33ClO6. The second-order valence-electron chi connectivity index (χ2n) is 9.13. The van der Waals surface area contributed by atoms with Crippen LogP contribution in [0.25, 0.3) is 0 Å². The van der Waals surface area contributed by atoms with Gasteiger partial charge in [0.1, 0.15) is 36.9 Å². The van der Waals surface area contributed by atoms with E-state index in [2.05, 4.69) is 26.0 Å². The highest BCUT2D eigenvalue weighted by atomic mass is 35.5. The van der Waals surface area contributed by atoms with E-state index in [9.17, 15) is 4.79 Å². The fourth-order valence-electron chi connectivity index (χ4n) is 3.67. The molecule has 0 saturated carbocycles. The van der Waals surface area contributed by atoms with Gasteiger partial charge in [-0.15, -0.1) is 11.6 Å². The van der Waals surface area contributed by atoms with Gasteiger partial charge in [-0.25, -0.2) is 0 Å². The van der Waals surface area contributed by atoms with Crippen LogP contribution in [0.2, 0.25) is 0 Å². The summed E-state index contributed by atoms with van der Waals surface area (Å²) in [6.07, 6.45) is -0.536. The minimum Gasteiger partial charge on any atom is -0.491 e. The summed E-state index contributed by atoms with van der Waals surface area (Å²) in [4.78, 5) is 11.1. The average Bonchev–Trinajstić information content (AvgIpc) is 3.14. The lowest BCUT2D eigenvalue weighted by Gasteiger charge is -2.26. The molecule has 2 aromatic carbocycles. The summed E-state index contributed by atoms with van der Waals surface area (Å²) in [5.74, 6) is 0.762. The first-order valence-electron chi connectivity index (χ1n) is 11.1. The van der Waals surface area contributed by atoms with E-state index < -0.39 is 11.9 Å². The van der Waals surface area contributed by atoms with Gasteiger partial charge in [0.15, 0.2) is 5.79 Å². The second-order valence-corrected chi connectivity index (χ2v) is 9.44. The molecule has 0 aliphatic carbocycles. The largest absolute Gasteiger partial charge is 0.491 e. The Balaban J connectivity index is 1.57. The molecule has 6 nitrogen and oxygen atoms in total. The van der Waals surface area contributed by atoms with E-state index >= 15 is 0 Å². The molecule has 7 heteroatoms. The van der Waals surface area contributed by atoms with E-state index in [-0.39, 0.29) is 30.0 Å². The van der Waals surface area contributed by atoms with Gasteiger partial charge in [0.05, 0.1) is 12.5 Å². The van der Waals surface area contributed by atoms with E-state index in [1.165, 1.54) is 12.5 Å². The van der Waals surface area contributed by atoms with Gasteiger partial charge in [-0.2, -0.15) is 0 Å². The number of ether oxygens (including phenoxy) is 5. The SMILES string of the molecule is CC(=O)O[C@H](CCl)COc1ccc(C(C)(C)c2ccc(OC[C@H]3COC(C)(C)O3)cc2)cc1. The van der Waals surface area contributed by atoms with Crippen LogP contribution < -0.4 is 9.47 Å². The molecule has 3 rings (SSSR count). The number of hydrogen-bond donors (Lipinski definition) is 0. The Morgan fingerprint density at radius 1 is 1.06 bits per heavy atom. The molecule has 1 aliphatic heterocycles. The maximum absolute atomic E-state index is 11.1. The third-order valence-electron chi connectivity index (χ3n) is 5.60. The molecule has 0 radical (unpaired) electrons. The molecule has 1 heterocycles. The highest BCUT2D eigenvalue weighted by molar-refractivity contribution is 6.18. The normalized spacial score (nSPS) is 18.5. The number of hydrogen-bond acceptors (Lipinski definition) is 6. The highest BCUT2D eigenvalue weighted by Crippen LogP contribution is 2.33. The van der Waals surface area contributed by atoms with Crippen molar-refractivity contribution in [2.75, 3.05) is 25.7 Å². The van der Waals surface area contributed by atoms with Gasteiger partial charge in [0.2, 0.25) is 0 Å². The Morgan fingerprint density at radius 3 is 2.06 bits per heavy atom. The van der Waals surface area contributed by atoms with Gasteiger partial charge in [-0.1, -0.05) is 38.1 Å². The lowest BCUT2D eigenvalue weighted by Crippen LogP contribution is -2.25. The van der Waals surface area contributed by atoms with E-state index in [0.717, 1.165) is 11.3 Å². The van der Waals surface area contributed by atoms with Crippen molar-refractivity contribution in [3.63, 3.8) is 0 Å². The Labute approximate surface area is 201 Å². The highest BCUT2D eigenvalue weighted by Gasteiger charge is 2.33. The van der Waals surface area contributed by atoms with E-state index in [1.54, 1.807) is 0 Å². The zero-order valence-corrected chi connectivity index (χ0v) is 20.7. The van der Waals surface area contributed by atoms with Crippen LogP contribution in [-0.4, -0.2) is 49.7 Å². The quantitative estimate of drug-likeness (QED) is 0.351. The van der Waals surface area contributed by atoms with Gasteiger partial charge in [-0.3, -0.25) is 4.79 Å². The van der Waals surface area contributed by atoms with E-state index in [4.69, 9.17) is 35.3 Å². The molecule has 1 aliphatic rings. The monoisotopic (exact) mass is 476 g/mol. The van der Waals surface area contributed by atoms with Crippen LogP contribution >= 0.6 is 11.6 Å². The number of halogens is 1. The van der Waals surface area contributed by atoms with Crippen molar-refractivity contribution in [3.8, 4) is 11.5 Å². The van der Waals surface area contributed by atoms with Crippen molar-refractivity contribution in [2.24, 2.45) is 0 Å². The molecule has 2 atom stereocenters. The first-order valence-corrected chi connectivity index (χ1v) is 11.6. The van der Waals surface area contributed by atoms with E-state index in [0.29, 0.717) is 19.0 Å². The van der Waals surface area contributed by atoms with Crippen molar-refractivity contribution in [1.82, 2.24) is 0 Å². The summed E-state index contributed by atoms with van der Waals surface area (Å²) in [6, 6.07) is 16.0. The zero-order valence-electron chi connectivity index (χ0n) is 19.9. The summed E-state index contributed by atoms with van der Waals surface area (Å²) in [7, 11) is 0. The topological polar surface area (TPSA) is 63.2 Å². The van der Waals surface area contributed by atoms with Crippen molar-refractivity contribution in [3.05, 3.63) is 59.7 Å². The molecule has 0 amide bonds. The van der Waals surface area contributed by atoms with Gasteiger partial charge >= 0.3 is 5.97 Å². The van der Waals surface area contributed by atoms with Crippen molar-refractivity contribution < 1.29 is 28.5 Å². The Bertz CT molecular complexity index is 907. The molecule has 0 bridgehead atoms. The lowest BCUT2D eigenvalue weighted by atomic mass is 9.78. The fraction of sp³-hybridized carbons (Fsp3) is 0.500. The fourth-order valence-corrected chi connectivity index (χ4v) is 3.82. The van der Waals surface area contributed by atoms with Crippen LogP contribution in [0, 0.1) is 0 Å². The number of alkyl halides is 1. The maximum atomic E-state index is 11.1. The molecule has 0 N–H and O–H groups in total. The molecule has 0 aromatic heterocycles. The smallest absolute Gasteiger partial charge is 0.303 e. The van der Waals surface area contributed by atoms with Crippen LogP contribution in [0.1, 0.15) is 45.7 Å². The van der Waals surface area contributed by atoms with Gasteiger partial charge < -0.3 is 23.7 Å². The minimum absolute atomic E-state index is 0.0643. The molecule has 180 valence electrons. The Kier molecular flexibility index (Phi) is 8.27. The number of carbonyl (C=O) groups excluding carboxylic acids is 1. The summed E-state index contributed by atoms with van der Waals surface area (Å²) in [5, 5.41) is 0. The first kappa shape index (κ1) is 25.3. The van der Waals surface area contributed by atoms with Crippen LogP contribution in [0.4, 0.5) is 0 Å². The average molecular weight is 477 g/mol. The van der Waals surface area contributed by atoms with Crippen molar-refractivity contribution in [1.29, 1.82) is 0 Å². The zero-order chi connectivity index (χ0) is 24.1. The number of carbonyl (C=O) groups is 1. The Hall–Kier alpha value is -2.28. The first-order chi connectivity index (χ1) is 15.6. The number of esters is 1. The number of rotatable bonds is 10. The molecule has 2 aromatic rings. The Morgan fingerprint density at radius 2 is 1.61 bits per heavy atom. The summed E-state index contributed by atoms with van der Waals surface area (Å²) < 4.78 is 28.1. The van der Waals surface area contributed by atoms with Crippen LogP contribution in [0.15, 0.2) is 48.5 Å². The maximum Gasteiger partial charge on any atom is 0.303 e. The minimum atomic E-state index is -0.545. The summed E-state index contributed by atoms with van der Waals surface area (Å²) in [6.45, 7) is 10.7. The molecule has 1 fully saturated rings. The van der Waals surface area contributed by atoms with Gasteiger partial charge in [-0.05, 0) is 49.2 Å². The van der Waals surface area contributed by atoms with Gasteiger partial charge in [0.25, 0.3) is 0 Å². The predicted octanol–water partition coefficient (Wildman–Crippen LogP) is 5.09. The third-order valence-corrected chi connectivity index (χ3v) is 5.94. The van der Waals surface area contributed by atoms with Crippen molar-refractivity contribution >= 4 is 17.6 Å². The van der Waals surface area contributed by atoms with Crippen LogP contribution in [0.3, 0.4) is 0 Å². The lowest BCUT2D eigenvalue weighted by molar-refractivity contribution is -0.146. The van der Waals surface area contributed by atoms with Crippen LogP contribution in [0.5, 0.6) is 11.5 Å². The van der Waals surface area contributed by atoms with Gasteiger partial charge in [0, 0.05) is 12.3 Å². The number of benzene rings is 2.